The molecular formula is C19H22F3N5S. The predicted octanol–water partition coefficient (Wildman–Crippen LogP) is 4.14. The average Bonchev–Trinajstić information content (AvgIpc) is 3.03. The lowest BCUT2D eigenvalue weighted by Crippen LogP contribution is -2.47. The Bertz CT molecular complexity index is 819. The molecule has 0 amide bonds. The molecule has 5 nitrogen and oxygen atoms in total. The monoisotopic (exact) mass is 409 g/mol. The molecule has 1 spiro atoms. The summed E-state index contributed by atoms with van der Waals surface area (Å²) in [5.41, 5.74) is 5.70. The van der Waals surface area contributed by atoms with Crippen LogP contribution in [0.1, 0.15) is 37.8 Å². The highest BCUT2D eigenvalue weighted by atomic mass is 32.2. The van der Waals surface area contributed by atoms with Crippen molar-refractivity contribution in [2.24, 2.45) is 11.1 Å². The number of hydrogen-bond acceptors (Lipinski definition) is 6. The van der Waals surface area contributed by atoms with Crippen molar-refractivity contribution in [1.82, 2.24) is 15.0 Å². The second-order valence-corrected chi connectivity index (χ2v) is 8.57. The number of anilines is 1. The van der Waals surface area contributed by atoms with Gasteiger partial charge in [0.25, 0.3) is 0 Å². The number of hydrogen-bond donors (Lipinski definition) is 1. The SMILES string of the molecule is N[C@@H]1CCCC12CCN(c1cnc(Sc3cccnc3C(F)(F)F)cn1)CC2. The van der Waals surface area contributed by atoms with Crippen LogP contribution in [0.4, 0.5) is 19.0 Å². The van der Waals surface area contributed by atoms with Crippen molar-refractivity contribution in [3.8, 4) is 0 Å². The summed E-state index contributed by atoms with van der Waals surface area (Å²) in [7, 11) is 0. The summed E-state index contributed by atoms with van der Waals surface area (Å²) >= 11 is 0.921. The first kappa shape index (κ1) is 19.4. The number of alkyl halides is 3. The Morgan fingerprint density at radius 3 is 2.50 bits per heavy atom. The highest BCUT2D eigenvalue weighted by Crippen LogP contribution is 2.46. The van der Waals surface area contributed by atoms with E-state index < -0.39 is 11.9 Å². The maximum atomic E-state index is 13.1. The molecule has 1 atom stereocenters. The Balaban J connectivity index is 1.43. The molecular weight excluding hydrogens is 387 g/mol. The zero-order valence-electron chi connectivity index (χ0n) is 15.3. The molecule has 2 fully saturated rings. The maximum Gasteiger partial charge on any atom is 0.434 e. The van der Waals surface area contributed by atoms with Gasteiger partial charge in [0.1, 0.15) is 10.8 Å². The van der Waals surface area contributed by atoms with E-state index in [-0.39, 0.29) is 10.3 Å². The lowest BCUT2D eigenvalue weighted by atomic mass is 9.74. The van der Waals surface area contributed by atoms with Gasteiger partial charge in [0.15, 0.2) is 5.69 Å². The molecule has 150 valence electrons. The first-order valence-electron chi connectivity index (χ1n) is 9.40. The van der Waals surface area contributed by atoms with Crippen LogP contribution in [0.2, 0.25) is 0 Å². The van der Waals surface area contributed by atoms with Gasteiger partial charge in [0, 0.05) is 30.2 Å². The van der Waals surface area contributed by atoms with Crippen molar-refractivity contribution in [3.05, 3.63) is 36.4 Å². The highest BCUT2D eigenvalue weighted by Gasteiger charge is 2.43. The third-order valence-corrected chi connectivity index (χ3v) is 6.90. The molecule has 4 rings (SSSR count). The van der Waals surface area contributed by atoms with Gasteiger partial charge in [-0.15, -0.1) is 0 Å². The third-order valence-electron chi connectivity index (χ3n) is 5.93. The molecule has 2 aromatic rings. The summed E-state index contributed by atoms with van der Waals surface area (Å²) in [5.74, 6) is 0.757. The van der Waals surface area contributed by atoms with Gasteiger partial charge in [-0.3, -0.25) is 4.98 Å². The standard InChI is InChI=1S/C19H22F3N5S/c20-19(21,22)17-13(3-2-8-24-17)28-16-12-25-15(11-26-16)27-9-6-18(7-10-27)5-1-4-14(18)23/h2-3,8,11-12,14H,1,4-7,9-10,23H2/t14-/m1/s1. The van der Waals surface area contributed by atoms with Gasteiger partial charge >= 0.3 is 6.18 Å². The number of rotatable bonds is 3. The van der Waals surface area contributed by atoms with Crippen molar-refractivity contribution in [2.75, 3.05) is 18.0 Å². The largest absolute Gasteiger partial charge is 0.434 e. The van der Waals surface area contributed by atoms with Crippen LogP contribution in [0.3, 0.4) is 0 Å². The minimum Gasteiger partial charge on any atom is -0.355 e. The highest BCUT2D eigenvalue weighted by molar-refractivity contribution is 7.99. The van der Waals surface area contributed by atoms with Crippen LogP contribution in [0.5, 0.6) is 0 Å². The summed E-state index contributed by atoms with van der Waals surface area (Å²) in [6.45, 7) is 1.77. The second kappa shape index (κ2) is 7.51. The predicted molar refractivity (Wildman–Crippen MR) is 101 cm³/mol. The van der Waals surface area contributed by atoms with Crippen molar-refractivity contribution >= 4 is 17.6 Å². The summed E-state index contributed by atoms with van der Waals surface area (Å²) in [5, 5.41) is 0.411. The van der Waals surface area contributed by atoms with Crippen molar-refractivity contribution in [2.45, 2.75) is 54.2 Å². The van der Waals surface area contributed by atoms with E-state index in [9.17, 15) is 13.2 Å². The van der Waals surface area contributed by atoms with Gasteiger partial charge in [0.2, 0.25) is 0 Å². The minimum absolute atomic E-state index is 0.0205. The first-order valence-corrected chi connectivity index (χ1v) is 10.2. The molecule has 28 heavy (non-hydrogen) atoms. The quantitative estimate of drug-likeness (QED) is 0.822. The van der Waals surface area contributed by atoms with E-state index in [1.807, 2.05) is 0 Å². The lowest BCUT2D eigenvalue weighted by molar-refractivity contribution is -0.143. The average molecular weight is 409 g/mol. The van der Waals surface area contributed by atoms with Crippen molar-refractivity contribution < 1.29 is 13.2 Å². The van der Waals surface area contributed by atoms with Crippen LogP contribution in [0.15, 0.2) is 40.6 Å². The van der Waals surface area contributed by atoms with E-state index >= 15 is 0 Å². The van der Waals surface area contributed by atoms with Crippen molar-refractivity contribution in [1.29, 1.82) is 0 Å². The Hall–Kier alpha value is -1.87. The molecule has 1 saturated heterocycles. The van der Waals surface area contributed by atoms with Crippen LogP contribution in [-0.2, 0) is 6.18 Å². The van der Waals surface area contributed by atoms with Gasteiger partial charge < -0.3 is 10.6 Å². The minimum atomic E-state index is -4.50. The zero-order chi connectivity index (χ0) is 19.8. The fraction of sp³-hybridized carbons (Fsp3) is 0.526. The number of aromatic nitrogens is 3. The molecule has 1 aliphatic carbocycles. The first-order chi connectivity index (χ1) is 13.4. The summed E-state index contributed by atoms with van der Waals surface area (Å²) in [4.78, 5) is 14.4. The van der Waals surface area contributed by atoms with Crippen LogP contribution in [0.25, 0.3) is 0 Å². The van der Waals surface area contributed by atoms with E-state index in [0.717, 1.165) is 56.1 Å². The summed E-state index contributed by atoms with van der Waals surface area (Å²) in [6, 6.07) is 3.17. The van der Waals surface area contributed by atoms with Gasteiger partial charge in [-0.1, -0.05) is 18.2 Å². The maximum absolute atomic E-state index is 13.1. The number of piperidine rings is 1. The molecule has 1 aliphatic heterocycles. The van der Waals surface area contributed by atoms with E-state index in [0.29, 0.717) is 11.1 Å². The molecule has 9 heteroatoms. The normalized spacial score (nSPS) is 22.0. The molecule has 3 heterocycles. The third kappa shape index (κ3) is 3.82. The van der Waals surface area contributed by atoms with Crippen LogP contribution >= 0.6 is 11.8 Å². The van der Waals surface area contributed by atoms with Crippen LogP contribution in [0, 0.1) is 5.41 Å². The van der Waals surface area contributed by atoms with Gasteiger partial charge in [-0.25, -0.2) is 9.97 Å². The van der Waals surface area contributed by atoms with E-state index in [4.69, 9.17) is 5.73 Å². The van der Waals surface area contributed by atoms with E-state index in [1.165, 1.54) is 31.2 Å². The van der Waals surface area contributed by atoms with Crippen LogP contribution in [-0.4, -0.2) is 34.1 Å². The Morgan fingerprint density at radius 1 is 1.11 bits per heavy atom. The molecule has 0 unspecified atom stereocenters. The number of nitrogens with zero attached hydrogens (tertiary/aromatic N) is 4. The lowest BCUT2D eigenvalue weighted by Gasteiger charge is -2.42. The fourth-order valence-electron chi connectivity index (χ4n) is 4.29. The topological polar surface area (TPSA) is 67.9 Å². The number of halogens is 3. The molecule has 1 saturated carbocycles. The molecule has 0 aromatic carbocycles. The Morgan fingerprint density at radius 2 is 1.89 bits per heavy atom. The Labute approximate surface area is 166 Å². The molecule has 2 N–H and O–H groups in total. The van der Waals surface area contributed by atoms with Gasteiger partial charge in [0.05, 0.1) is 12.4 Å². The number of nitrogens with two attached hydrogens (primary N) is 1. The number of pyridine rings is 1. The molecule has 0 radical (unpaired) electrons. The smallest absolute Gasteiger partial charge is 0.355 e. The second-order valence-electron chi connectivity index (χ2n) is 7.51. The molecule has 2 aliphatic rings. The molecule has 0 bridgehead atoms. The summed E-state index contributed by atoms with van der Waals surface area (Å²) < 4.78 is 39.3. The summed E-state index contributed by atoms with van der Waals surface area (Å²) in [6.07, 6.45) is 5.44. The fourth-order valence-corrected chi connectivity index (χ4v) is 5.14. The van der Waals surface area contributed by atoms with E-state index in [1.54, 1.807) is 6.20 Å². The molecule has 2 aromatic heterocycles. The van der Waals surface area contributed by atoms with E-state index in [2.05, 4.69) is 19.9 Å². The Kier molecular flexibility index (Phi) is 5.22. The van der Waals surface area contributed by atoms with Gasteiger partial charge in [-0.2, -0.15) is 13.2 Å². The van der Waals surface area contributed by atoms with Gasteiger partial charge in [-0.05, 0) is 43.2 Å². The van der Waals surface area contributed by atoms with Crippen LogP contribution < -0.4 is 10.6 Å². The zero-order valence-corrected chi connectivity index (χ0v) is 16.1. The van der Waals surface area contributed by atoms with Crippen molar-refractivity contribution in [3.63, 3.8) is 0 Å².